The van der Waals surface area contributed by atoms with Gasteiger partial charge in [0.2, 0.25) is 0 Å². The summed E-state index contributed by atoms with van der Waals surface area (Å²) in [5.74, 6) is -0.870. The first-order chi connectivity index (χ1) is 13.5. The minimum Gasteiger partial charge on any atom is -0.304 e. The number of thiophene rings is 1. The third-order valence-corrected chi connectivity index (χ3v) is 7.99. The van der Waals surface area contributed by atoms with Crippen LogP contribution >= 0.6 is 11.3 Å². The van der Waals surface area contributed by atoms with Gasteiger partial charge in [-0.05, 0) is 48.8 Å². The highest BCUT2D eigenvalue weighted by molar-refractivity contribution is 7.93. The number of hydrogen-bond acceptors (Lipinski definition) is 4. The van der Waals surface area contributed by atoms with Crippen LogP contribution in [0.25, 0.3) is 0 Å². The van der Waals surface area contributed by atoms with Crippen molar-refractivity contribution in [2.75, 3.05) is 14.1 Å². The number of hydrogen-bond donors (Lipinski definition) is 1. The molecule has 4 nitrogen and oxygen atoms in total. The summed E-state index contributed by atoms with van der Waals surface area (Å²) in [5.41, 5.74) is 3.05. The average Bonchev–Trinajstić information content (AvgIpc) is 2.94. The Morgan fingerprint density at radius 1 is 1.31 bits per heavy atom. The highest BCUT2D eigenvalue weighted by Gasteiger charge is 2.25. The zero-order valence-corrected chi connectivity index (χ0v) is 19.0. The quantitative estimate of drug-likeness (QED) is 0.700. The van der Waals surface area contributed by atoms with Gasteiger partial charge in [0.1, 0.15) is 5.82 Å². The molecule has 0 amide bonds. The van der Waals surface area contributed by atoms with Crippen LogP contribution in [-0.2, 0) is 22.9 Å². The van der Waals surface area contributed by atoms with Crippen LogP contribution in [-0.4, -0.2) is 23.2 Å². The van der Waals surface area contributed by atoms with Crippen molar-refractivity contribution in [3.8, 4) is 0 Å². The second-order valence-corrected chi connectivity index (χ2v) is 11.2. The third-order valence-electron chi connectivity index (χ3n) is 4.91. The summed E-state index contributed by atoms with van der Waals surface area (Å²) in [6.07, 6.45) is 2.21. The van der Waals surface area contributed by atoms with Crippen molar-refractivity contribution in [2.24, 2.45) is 9.50 Å². The van der Waals surface area contributed by atoms with Crippen LogP contribution in [0.3, 0.4) is 0 Å². The van der Waals surface area contributed by atoms with Crippen LogP contribution in [0, 0.1) is 11.6 Å². The molecule has 1 heterocycles. The Hall–Kier alpha value is -1.61. The highest BCUT2D eigenvalue weighted by atomic mass is 32.2. The molecule has 1 aliphatic carbocycles. The molecular weight excluding hydrogens is 412 g/mol. The first-order valence-electron chi connectivity index (χ1n) is 9.49. The van der Waals surface area contributed by atoms with E-state index in [1.807, 2.05) is 45.8 Å². The second-order valence-electron chi connectivity index (χ2n) is 8.05. The molecule has 1 aromatic heterocycles. The zero-order valence-electron chi connectivity index (χ0n) is 17.3. The van der Waals surface area contributed by atoms with Crippen LogP contribution in [0.15, 0.2) is 38.5 Å². The fourth-order valence-electron chi connectivity index (χ4n) is 3.78. The van der Waals surface area contributed by atoms with Gasteiger partial charge in [0, 0.05) is 23.8 Å². The lowest BCUT2D eigenvalue weighted by atomic mass is 9.82. The largest absolute Gasteiger partial charge is 0.304 e. The van der Waals surface area contributed by atoms with Crippen molar-refractivity contribution in [2.45, 2.75) is 49.8 Å². The number of nitrogens with zero attached hydrogens (tertiary/aromatic N) is 2. The molecular formula is C21H27F2N3OS2. The zero-order chi connectivity index (χ0) is 21.5. The third kappa shape index (κ3) is 4.60. The normalized spacial score (nSPS) is 18.6. The van der Waals surface area contributed by atoms with Gasteiger partial charge in [-0.3, -0.25) is 0 Å². The van der Waals surface area contributed by atoms with E-state index < -0.39 is 15.7 Å². The molecule has 8 heteroatoms. The first kappa shape index (κ1) is 22.1. The van der Waals surface area contributed by atoms with Crippen molar-refractivity contribution in [3.63, 3.8) is 0 Å². The van der Waals surface area contributed by atoms with E-state index in [1.165, 1.54) is 12.1 Å². The molecule has 0 saturated carbocycles. The molecule has 0 aliphatic heterocycles. The van der Waals surface area contributed by atoms with Gasteiger partial charge in [-0.25, -0.2) is 18.1 Å². The minimum atomic E-state index is -3.44. The van der Waals surface area contributed by atoms with E-state index in [1.54, 1.807) is 6.07 Å². The first-order valence-corrected chi connectivity index (χ1v) is 11.9. The van der Waals surface area contributed by atoms with Gasteiger partial charge in [0.25, 0.3) is 0 Å². The summed E-state index contributed by atoms with van der Waals surface area (Å²) in [7, 11) is 0.310. The Labute approximate surface area is 175 Å². The number of nitrogens with two attached hydrogens (primary N) is 1. The van der Waals surface area contributed by atoms with Crippen molar-refractivity contribution in [1.29, 1.82) is 0 Å². The second kappa shape index (κ2) is 8.26. The summed E-state index contributed by atoms with van der Waals surface area (Å²) >= 11 is 1.08. The SMILES string of the molecule is CC(C)c1c(F)ccc2c1CC(N=S(N)(=O)c1sc(CN(C)C)cc1F)=CC2C. The van der Waals surface area contributed by atoms with Gasteiger partial charge in [0.05, 0.1) is 5.70 Å². The molecule has 0 saturated heterocycles. The molecule has 2 atom stereocenters. The molecule has 0 fully saturated rings. The predicted molar refractivity (Wildman–Crippen MR) is 115 cm³/mol. The topological polar surface area (TPSA) is 58.7 Å². The molecule has 29 heavy (non-hydrogen) atoms. The van der Waals surface area contributed by atoms with Gasteiger partial charge in [-0.1, -0.05) is 32.9 Å². The number of allylic oxidation sites excluding steroid dienone is 2. The molecule has 3 rings (SSSR count). The summed E-state index contributed by atoms with van der Waals surface area (Å²) < 4.78 is 46.3. The van der Waals surface area contributed by atoms with E-state index in [9.17, 15) is 13.0 Å². The summed E-state index contributed by atoms with van der Waals surface area (Å²) in [4.78, 5) is 2.63. The van der Waals surface area contributed by atoms with Crippen molar-refractivity contribution < 1.29 is 13.0 Å². The molecule has 1 aromatic carbocycles. The number of rotatable bonds is 5. The fraction of sp³-hybridized carbons (Fsp3) is 0.429. The van der Waals surface area contributed by atoms with Gasteiger partial charge in [-0.2, -0.15) is 4.36 Å². The molecule has 158 valence electrons. The molecule has 0 radical (unpaired) electrons. The van der Waals surface area contributed by atoms with Crippen molar-refractivity contribution in [1.82, 2.24) is 4.90 Å². The number of halogens is 2. The molecule has 0 bridgehead atoms. The lowest BCUT2D eigenvalue weighted by Crippen LogP contribution is -2.16. The molecule has 2 N–H and O–H groups in total. The van der Waals surface area contributed by atoms with Crippen molar-refractivity contribution >= 4 is 21.3 Å². The van der Waals surface area contributed by atoms with E-state index in [2.05, 4.69) is 4.36 Å². The van der Waals surface area contributed by atoms with Gasteiger partial charge in [-0.15, -0.1) is 11.3 Å². The number of benzene rings is 1. The number of fused-ring (bicyclic) bond motifs is 1. The Kier molecular flexibility index (Phi) is 6.29. The maximum atomic E-state index is 14.5. The van der Waals surface area contributed by atoms with Crippen LogP contribution in [0.5, 0.6) is 0 Å². The van der Waals surface area contributed by atoms with Gasteiger partial charge < -0.3 is 4.90 Å². The monoisotopic (exact) mass is 439 g/mol. The van der Waals surface area contributed by atoms with E-state index in [0.717, 1.165) is 27.3 Å². The molecule has 2 unspecified atom stereocenters. The van der Waals surface area contributed by atoms with Crippen LogP contribution in [0.1, 0.15) is 54.2 Å². The minimum absolute atomic E-state index is 0.00191. The van der Waals surface area contributed by atoms with Crippen molar-refractivity contribution in [3.05, 3.63) is 63.2 Å². The Morgan fingerprint density at radius 2 is 2.00 bits per heavy atom. The lowest BCUT2D eigenvalue weighted by Gasteiger charge is -2.25. The smallest absolute Gasteiger partial charge is 0.152 e. The van der Waals surface area contributed by atoms with Gasteiger partial charge >= 0.3 is 0 Å². The van der Waals surface area contributed by atoms with Crippen LogP contribution in [0.4, 0.5) is 8.78 Å². The van der Waals surface area contributed by atoms with E-state index in [0.29, 0.717) is 24.2 Å². The van der Waals surface area contributed by atoms with Gasteiger partial charge in [0.15, 0.2) is 19.9 Å². The maximum absolute atomic E-state index is 14.5. The van der Waals surface area contributed by atoms with E-state index in [4.69, 9.17) is 5.14 Å². The van der Waals surface area contributed by atoms with Crippen LogP contribution < -0.4 is 5.14 Å². The summed E-state index contributed by atoms with van der Waals surface area (Å²) in [5, 5.41) is 6.01. The Balaban J connectivity index is 2.03. The van der Waals surface area contributed by atoms with E-state index >= 15 is 0 Å². The molecule has 1 aliphatic rings. The lowest BCUT2D eigenvalue weighted by molar-refractivity contribution is 0.406. The molecule has 0 spiro atoms. The summed E-state index contributed by atoms with van der Waals surface area (Å²) in [6.45, 7) is 6.39. The average molecular weight is 440 g/mol. The molecule has 2 aromatic rings. The summed E-state index contributed by atoms with van der Waals surface area (Å²) in [6, 6.07) is 4.65. The Bertz CT molecular complexity index is 1080. The van der Waals surface area contributed by atoms with E-state index in [-0.39, 0.29) is 21.9 Å². The van der Waals surface area contributed by atoms with Crippen LogP contribution in [0.2, 0.25) is 0 Å². The highest BCUT2D eigenvalue weighted by Crippen LogP contribution is 2.37. The fourth-order valence-corrected chi connectivity index (χ4v) is 6.47. The maximum Gasteiger partial charge on any atom is 0.152 e. The standard InChI is InChI=1S/C21H27F2N3OS2/c1-12(2)20-17-9-14(8-13(3)16(17)6-7-18(20)22)25-29(24,27)21-19(23)10-15(28-21)11-26(4)5/h6-8,10,12-13H,9,11H2,1-5H3,(H2,24,25,27). The Morgan fingerprint density at radius 3 is 2.62 bits per heavy atom. The predicted octanol–water partition coefficient (Wildman–Crippen LogP) is 5.16.